The van der Waals surface area contributed by atoms with E-state index < -0.39 is 0 Å². The largest absolute Gasteiger partial charge is 0.310 e. The molecule has 0 spiro atoms. The molecule has 2 heterocycles. The fourth-order valence-corrected chi connectivity index (χ4v) is 8.72. The number of para-hydroxylation sites is 2. The van der Waals surface area contributed by atoms with Crippen molar-refractivity contribution in [2.45, 2.75) is 0 Å². The van der Waals surface area contributed by atoms with Crippen LogP contribution in [0, 0.1) is 0 Å². The fraction of sp³-hybridized carbons (Fsp3) is 0. The number of hydrogen-bond donors (Lipinski definition) is 0. The van der Waals surface area contributed by atoms with Crippen LogP contribution in [0.15, 0.2) is 182 Å². The molecule has 0 fully saturated rings. The number of benzene rings is 8. The predicted molar refractivity (Wildman–Crippen MR) is 211 cm³/mol. The topological polar surface area (TPSA) is 8.17 Å². The number of rotatable bonds is 5. The maximum atomic E-state index is 2.43. The van der Waals surface area contributed by atoms with Crippen molar-refractivity contribution in [2.75, 3.05) is 4.90 Å². The van der Waals surface area contributed by atoms with Crippen LogP contribution in [0.2, 0.25) is 0 Å². The molecule has 0 bridgehead atoms. The maximum absolute atomic E-state index is 2.43. The fourth-order valence-electron chi connectivity index (χ4n) is 7.59. The van der Waals surface area contributed by atoms with E-state index in [0.717, 1.165) is 17.1 Å². The van der Waals surface area contributed by atoms with Gasteiger partial charge in [0.15, 0.2) is 0 Å². The van der Waals surface area contributed by atoms with E-state index in [-0.39, 0.29) is 0 Å². The first kappa shape index (κ1) is 27.9. The number of hydrogen-bond acceptors (Lipinski definition) is 2. The molecule has 0 amide bonds. The maximum Gasteiger partial charge on any atom is 0.0562 e. The van der Waals surface area contributed by atoms with Crippen molar-refractivity contribution in [3.05, 3.63) is 182 Å². The van der Waals surface area contributed by atoms with Gasteiger partial charge in [-0.05, 0) is 88.6 Å². The van der Waals surface area contributed by atoms with Gasteiger partial charge in [-0.25, -0.2) is 0 Å². The monoisotopic (exact) mass is 642 g/mol. The summed E-state index contributed by atoms with van der Waals surface area (Å²) in [5.41, 5.74) is 9.41. The zero-order valence-corrected chi connectivity index (χ0v) is 27.4. The summed E-state index contributed by atoms with van der Waals surface area (Å²) in [5.74, 6) is 0. The van der Waals surface area contributed by atoms with Crippen molar-refractivity contribution in [3.63, 3.8) is 0 Å². The van der Waals surface area contributed by atoms with Crippen molar-refractivity contribution >= 4 is 81.1 Å². The highest BCUT2D eigenvalue weighted by Gasteiger charge is 2.21. The van der Waals surface area contributed by atoms with Crippen LogP contribution in [0.5, 0.6) is 0 Å². The zero-order chi connectivity index (χ0) is 32.3. The molecule has 0 aliphatic carbocycles. The van der Waals surface area contributed by atoms with Crippen LogP contribution < -0.4 is 4.90 Å². The first-order valence-electron chi connectivity index (χ1n) is 16.7. The van der Waals surface area contributed by atoms with E-state index in [4.69, 9.17) is 0 Å². The Labute approximate surface area is 288 Å². The van der Waals surface area contributed by atoms with E-state index in [9.17, 15) is 0 Å². The second-order valence-electron chi connectivity index (χ2n) is 12.6. The molecule has 49 heavy (non-hydrogen) atoms. The van der Waals surface area contributed by atoms with Crippen LogP contribution in [-0.2, 0) is 0 Å². The summed E-state index contributed by atoms with van der Waals surface area (Å²) >= 11 is 1.86. The molecule has 0 saturated heterocycles. The third kappa shape index (κ3) is 4.47. The lowest BCUT2D eigenvalue weighted by molar-refractivity contribution is 1.18. The third-order valence-corrected chi connectivity index (χ3v) is 10.9. The minimum Gasteiger partial charge on any atom is -0.310 e. The average Bonchev–Trinajstić information content (AvgIpc) is 3.72. The van der Waals surface area contributed by atoms with Gasteiger partial charge in [0, 0.05) is 48.0 Å². The third-order valence-electron chi connectivity index (χ3n) is 9.74. The molecule has 0 aliphatic rings. The second kappa shape index (κ2) is 11.2. The van der Waals surface area contributed by atoms with Gasteiger partial charge >= 0.3 is 0 Å². The normalized spacial score (nSPS) is 11.7. The van der Waals surface area contributed by atoms with Crippen molar-refractivity contribution in [1.82, 2.24) is 4.57 Å². The second-order valence-corrected chi connectivity index (χ2v) is 13.6. The molecular weight excluding hydrogens is 613 g/mol. The van der Waals surface area contributed by atoms with E-state index in [1.165, 1.54) is 69.6 Å². The smallest absolute Gasteiger partial charge is 0.0562 e. The predicted octanol–water partition coefficient (Wildman–Crippen LogP) is 13.4. The van der Waals surface area contributed by atoms with Gasteiger partial charge < -0.3 is 9.47 Å². The number of fused-ring (bicyclic) bond motifs is 7. The van der Waals surface area contributed by atoms with Crippen molar-refractivity contribution in [2.24, 2.45) is 0 Å². The molecule has 8 aromatic carbocycles. The van der Waals surface area contributed by atoms with Gasteiger partial charge in [-0.1, -0.05) is 115 Å². The van der Waals surface area contributed by atoms with Gasteiger partial charge in [-0.2, -0.15) is 0 Å². The Hall–Kier alpha value is -6.16. The summed E-state index contributed by atoms with van der Waals surface area (Å²) in [6.07, 6.45) is 0. The van der Waals surface area contributed by atoms with Gasteiger partial charge in [0.2, 0.25) is 0 Å². The van der Waals surface area contributed by atoms with Gasteiger partial charge in [0.05, 0.1) is 16.7 Å². The molecule has 10 rings (SSSR count). The van der Waals surface area contributed by atoms with Gasteiger partial charge in [-0.15, -0.1) is 11.3 Å². The molecule has 0 atom stereocenters. The van der Waals surface area contributed by atoms with E-state index >= 15 is 0 Å². The summed E-state index contributed by atoms with van der Waals surface area (Å²) < 4.78 is 5.03. The highest BCUT2D eigenvalue weighted by atomic mass is 32.1. The first-order valence-corrected chi connectivity index (χ1v) is 17.5. The number of aromatic nitrogens is 1. The lowest BCUT2D eigenvalue weighted by Crippen LogP contribution is -2.10. The van der Waals surface area contributed by atoms with E-state index in [2.05, 4.69) is 191 Å². The lowest BCUT2D eigenvalue weighted by Gasteiger charge is -2.26. The van der Waals surface area contributed by atoms with Gasteiger partial charge in [-0.3, -0.25) is 0 Å². The molecular formula is C46H30N2S. The zero-order valence-electron chi connectivity index (χ0n) is 26.6. The van der Waals surface area contributed by atoms with Gasteiger partial charge in [0.25, 0.3) is 0 Å². The summed E-state index contributed by atoms with van der Waals surface area (Å²) in [5, 5.41) is 7.58. The van der Waals surface area contributed by atoms with Crippen molar-refractivity contribution in [1.29, 1.82) is 0 Å². The number of nitrogens with zero attached hydrogens (tertiary/aromatic N) is 2. The summed E-state index contributed by atoms with van der Waals surface area (Å²) in [4.78, 5) is 2.43. The molecule has 3 heteroatoms. The minimum absolute atomic E-state index is 1.12. The molecule has 0 saturated carbocycles. The highest BCUT2D eigenvalue weighted by molar-refractivity contribution is 7.26. The Balaban J connectivity index is 1.27. The van der Waals surface area contributed by atoms with E-state index in [1.54, 1.807) is 0 Å². The van der Waals surface area contributed by atoms with Crippen molar-refractivity contribution in [3.8, 4) is 16.8 Å². The van der Waals surface area contributed by atoms with Gasteiger partial charge in [0.1, 0.15) is 0 Å². The standard InChI is InChI=1S/C46H30N2S/c1-3-15-34(16-4-1)47(41-22-12-24-44-46(41)39-19-9-10-23-43(39)49-44)36-27-28-38-42(30-36)48(35-17-5-2-6-18-35)40-21-11-20-37(45(38)40)33-26-25-31-13-7-8-14-32(31)29-33/h1-30H. The molecule has 2 nitrogen and oxygen atoms in total. The lowest BCUT2D eigenvalue weighted by atomic mass is 9.97. The highest BCUT2D eigenvalue weighted by Crippen LogP contribution is 2.46. The first-order chi connectivity index (χ1) is 24.3. The molecule has 0 N–H and O–H groups in total. The molecule has 10 aromatic rings. The van der Waals surface area contributed by atoms with E-state index in [1.807, 2.05) is 11.3 Å². The van der Waals surface area contributed by atoms with Crippen LogP contribution >= 0.6 is 11.3 Å². The Kier molecular flexibility index (Phi) is 6.39. The Bertz CT molecular complexity index is 2830. The number of anilines is 3. The van der Waals surface area contributed by atoms with Crippen LogP contribution in [-0.4, -0.2) is 4.57 Å². The SMILES string of the molecule is c1ccc(N(c2ccc3c4c(-c5ccc6ccccc6c5)cccc4n(-c4ccccc4)c3c2)c2cccc3sc4ccccc4c23)cc1. The summed E-state index contributed by atoms with van der Waals surface area (Å²) in [6, 6.07) is 66.2. The molecule has 230 valence electrons. The van der Waals surface area contributed by atoms with Crippen molar-refractivity contribution < 1.29 is 0 Å². The minimum atomic E-state index is 1.12. The average molecular weight is 643 g/mol. The molecule has 0 aliphatic heterocycles. The Morgan fingerprint density at radius 3 is 2.04 bits per heavy atom. The number of thiophene rings is 1. The summed E-state index contributed by atoms with van der Waals surface area (Å²) in [7, 11) is 0. The Morgan fingerprint density at radius 1 is 0.429 bits per heavy atom. The molecule has 2 aromatic heterocycles. The van der Waals surface area contributed by atoms with Crippen LogP contribution in [0.25, 0.3) is 69.6 Å². The molecule has 0 unspecified atom stereocenters. The molecule has 0 radical (unpaired) electrons. The van der Waals surface area contributed by atoms with E-state index in [0.29, 0.717) is 0 Å². The Morgan fingerprint density at radius 2 is 1.16 bits per heavy atom. The summed E-state index contributed by atoms with van der Waals surface area (Å²) in [6.45, 7) is 0. The van der Waals surface area contributed by atoms with Crippen LogP contribution in [0.3, 0.4) is 0 Å². The van der Waals surface area contributed by atoms with Crippen LogP contribution in [0.1, 0.15) is 0 Å². The quantitative estimate of drug-likeness (QED) is 0.181. The van der Waals surface area contributed by atoms with Crippen LogP contribution in [0.4, 0.5) is 17.1 Å².